The van der Waals surface area contributed by atoms with Gasteiger partial charge in [-0.15, -0.1) is 0 Å². The van der Waals surface area contributed by atoms with Gasteiger partial charge < -0.3 is 18.9 Å². The number of benzene rings is 3. The number of ether oxygens (including phenoxy) is 4. The Kier molecular flexibility index (Phi) is 6.03. The van der Waals surface area contributed by atoms with E-state index in [1.807, 2.05) is 42.5 Å². The lowest BCUT2D eigenvalue weighted by Gasteiger charge is -2.08. The molecule has 0 radical (unpaired) electrons. The highest BCUT2D eigenvalue weighted by Crippen LogP contribution is 2.36. The van der Waals surface area contributed by atoms with Crippen molar-refractivity contribution in [2.24, 2.45) is 0 Å². The molecule has 0 N–H and O–H groups in total. The molecule has 5 heteroatoms. The molecule has 0 fully saturated rings. The third kappa shape index (κ3) is 4.61. The minimum absolute atomic E-state index is 0.185. The molecule has 0 saturated carbocycles. The molecule has 31 heavy (non-hydrogen) atoms. The molecular weight excluding hydrogens is 392 g/mol. The quantitative estimate of drug-likeness (QED) is 0.484. The zero-order chi connectivity index (χ0) is 21.6. The average Bonchev–Trinajstić information content (AvgIpc) is 3.12. The van der Waals surface area contributed by atoms with E-state index in [-0.39, 0.29) is 11.5 Å². The highest BCUT2D eigenvalue weighted by Gasteiger charge is 2.28. The van der Waals surface area contributed by atoms with E-state index in [9.17, 15) is 4.79 Å². The average molecular weight is 414 g/mol. The fraction of sp³-hybridized carbons (Fsp3) is 0.115. The van der Waals surface area contributed by atoms with Crippen LogP contribution in [0.4, 0.5) is 0 Å². The SMILES string of the molecule is COc1ccc(OC)c(/C=C2\Oc3cc(OC/C=C/c4ccccc4)ccc3C2=O)c1. The molecule has 0 saturated heterocycles. The van der Waals surface area contributed by atoms with Crippen LogP contribution < -0.4 is 18.9 Å². The van der Waals surface area contributed by atoms with Gasteiger partial charge in [0.2, 0.25) is 5.78 Å². The van der Waals surface area contributed by atoms with Gasteiger partial charge >= 0.3 is 0 Å². The fourth-order valence-corrected chi connectivity index (χ4v) is 3.24. The summed E-state index contributed by atoms with van der Waals surface area (Å²) in [7, 11) is 3.16. The second-order valence-electron chi connectivity index (χ2n) is 6.83. The van der Waals surface area contributed by atoms with Crippen molar-refractivity contribution < 1.29 is 23.7 Å². The van der Waals surface area contributed by atoms with E-state index in [1.165, 1.54) is 0 Å². The number of ketones is 1. The first kappa shape index (κ1) is 20.3. The minimum Gasteiger partial charge on any atom is -0.497 e. The van der Waals surface area contributed by atoms with Crippen LogP contribution in [-0.4, -0.2) is 26.6 Å². The molecule has 3 aromatic carbocycles. The summed E-state index contributed by atoms with van der Waals surface area (Å²) in [5.74, 6) is 2.43. The molecular formula is C26H22O5. The molecule has 0 bridgehead atoms. The van der Waals surface area contributed by atoms with Gasteiger partial charge in [-0.05, 0) is 48.0 Å². The predicted molar refractivity (Wildman–Crippen MR) is 120 cm³/mol. The van der Waals surface area contributed by atoms with Gasteiger partial charge in [-0.1, -0.05) is 36.4 Å². The van der Waals surface area contributed by atoms with Gasteiger partial charge in [0.05, 0.1) is 19.8 Å². The molecule has 1 aliphatic rings. The van der Waals surface area contributed by atoms with Gasteiger partial charge in [0.25, 0.3) is 0 Å². The maximum Gasteiger partial charge on any atom is 0.231 e. The zero-order valence-electron chi connectivity index (χ0n) is 17.3. The third-order valence-corrected chi connectivity index (χ3v) is 4.82. The van der Waals surface area contributed by atoms with E-state index in [0.717, 1.165) is 5.56 Å². The summed E-state index contributed by atoms with van der Waals surface area (Å²) in [5.41, 5.74) is 2.30. The van der Waals surface area contributed by atoms with Crippen molar-refractivity contribution in [1.82, 2.24) is 0 Å². The second-order valence-corrected chi connectivity index (χ2v) is 6.83. The Hall–Kier alpha value is -3.99. The number of hydrogen-bond donors (Lipinski definition) is 0. The molecule has 156 valence electrons. The number of fused-ring (bicyclic) bond motifs is 1. The van der Waals surface area contributed by atoms with Crippen molar-refractivity contribution in [2.75, 3.05) is 20.8 Å². The second kappa shape index (κ2) is 9.22. The van der Waals surface area contributed by atoms with Crippen LogP contribution in [0.3, 0.4) is 0 Å². The van der Waals surface area contributed by atoms with E-state index in [0.29, 0.717) is 40.7 Å². The molecule has 1 heterocycles. The summed E-state index contributed by atoms with van der Waals surface area (Å²) >= 11 is 0. The lowest BCUT2D eigenvalue weighted by molar-refractivity contribution is 0.101. The van der Waals surface area contributed by atoms with E-state index in [2.05, 4.69) is 0 Å². The highest BCUT2D eigenvalue weighted by molar-refractivity contribution is 6.14. The van der Waals surface area contributed by atoms with Gasteiger partial charge in [0, 0.05) is 11.6 Å². The Bertz CT molecular complexity index is 1150. The normalized spacial score (nSPS) is 13.9. The minimum atomic E-state index is -0.185. The zero-order valence-corrected chi connectivity index (χ0v) is 17.3. The van der Waals surface area contributed by atoms with Gasteiger partial charge in [-0.2, -0.15) is 0 Å². The van der Waals surface area contributed by atoms with Crippen LogP contribution in [0, 0.1) is 0 Å². The molecule has 5 nitrogen and oxygen atoms in total. The summed E-state index contributed by atoms with van der Waals surface area (Å²) in [4.78, 5) is 12.8. The number of rotatable bonds is 7. The maximum atomic E-state index is 12.8. The summed E-state index contributed by atoms with van der Waals surface area (Å²) in [5, 5.41) is 0. The molecule has 0 aromatic heterocycles. The third-order valence-electron chi connectivity index (χ3n) is 4.82. The number of allylic oxidation sites excluding steroid dienone is 1. The van der Waals surface area contributed by atoms with Gasteiger partial charge in [0.1, 0.15) is 29.6 Å². The molecule has 0 aliphatic carbocycles. The summed E-state index contributed by atoms with van der Waals surface area (Å²) in [6.07, 6.45) is 5.59. The Morgan fingerprint density at radius 1 is 0.903 bits per heavy atom. The molecule has 3 aromatic rings. The molecule has 4 rings (SSSR count). The molecule has 0 spiro atoms. The van der Waals surface area contributed by atoms with Crippen LogP contribution >= 0.6 is 0 Å². The largest absolute Gasteiger partial charge is 0.497 e. The topological polar surface area (TPSA) is 54.0 Å². The fourth-order valence-electron chi connectivity index (χ4n) is 3.24. The highest BCUT2D eigenvalue weighted by atomic mass is 16.5. The monoisotopic (exact) mass is 414 g/mol. The predicted octanol–water partition coefficient (Wildman–Crippen LogP) is 5.41. The van der Waals surface area contributed by atoms with E-state index in [1.54, 1.807) is 56.7 Å². The molecule has 1 aliphatic heterocycles. The first-order valence-electron chi connectivity index (χ1n) is 9.82. The molecule has 0 amide bonds. The van der Waals surface area contributed by atoms with Gasteiger partial charge in [0.15, 0.2) is 5.76 Å². The van der Waals surface area contributed by atoms with Crippen molar-refractivity contribution in [3.63, 3.8) is 0 Å². The van der Waals surface area contributed by atoms with Crippen molar-refractivity contribution in [3.05, 3.63) is 95.3 Å². The van der Waals surface area contributed by atoms with Crippen LogP contribution in [0.5, 0.6) is 23.0 Å². The Morgan fingerprint density at radius 2 is 1.71 bits per heavy atom. The Balaban J connectivity index is 1.48. The number of Topliss-reactive ketones (excluding diaryl/α,β-unsaturated/α-hetero) is 1. The van der Waals surface area contributed by atoms with Crippen LogP contribution in [0.1, 0.15) is 21.5 Å². The number of hydrogen-bond acceptors (Lipinski definition) is 5. The van der Waals surface area contributed by atoms with Crippen LogP contribution in [-0.2, 0) is 0 Å². The lowest BCUT2D eigenvalue weighted by Crippen LogP contribution is -1.99. The van der Waals surface area contributed by atoms with Crippen molar-refractivity contribution in [3.8, 4) is 23.0 Å². The van der Waals surface area contributed by atoms with E-state index < -0.39 is 0 Å². The summed E-state index contributed by atoms with van der Waals surface area (Å²) < 4.78 is 22.2. The smallest absolute Gasteiger partial charge is 0.231 e. The summed E-state index contributed by atoms with van der Waals surface area (Å²) in [6.45, 7) is 0.408. The standard InChI is InChI=1S/C26H22O5/c1-28-20-11-13-23(29-2)19(15-20)16-25-26(27)22-12-10-21(17-24(22)31-25)30-14-6-9-18-7-4-3-5-8-18/h3-13,15-17H,14H2,1-2H3/b9-6+,25-16-. The number of carbonyl (C=O) groups excluding carboxylic acids is 1. The van der Waals surface area contributed by atoms with Crippen molar-refractivity contribution in [2.45, 2.75) is 0 Å². The molecule has 0 atom stereocenters. The van der Waals surface area contributed by atoms with Crippen LogP contribution in [0.2, 0.25) is 0 Å². The van der Waals surface area contributed by atoms with Gasteiger partial charge in [-0.3, -0.25) is 4.79 Å². The first-order valence-corrected chi connectivity index (χ1v) is 9.82. The van der Waals surface area contributed by atoms with E-state index in [4.69, 9.17) is 18.9 Å². The molecule has 0 unspecified atom stereocenters. The Labute approximate surface area is 181 Å². The van der Waals surface area contributed by atoms with Crippen LogP contribution in [0.25, 0.3) is 12.2 Å². The van der Waals surface area contributed by atoms with Crippen molar-refractivity contribution in [1.29, 1.82) is 0 Å². The first-order chi connectivity index (χ1) is 15.2. The van der Waals surface area contributed by atoms with Gasteiger partial charge in [-0.25, -0.2) is 0 Å². The Morgan fingerprint density at radius 3 is 2.48 bits per heavy atom. The summed E-state index contributed by atoms with van der Waals surface area (Å²) in [6, 6.07) is 20.6. The van der Waals surface area contributed by atoms with E-state index >= 15 is 0 Å². The maximum absolute atomic E-state index is 12.8. The van der Waals surface area contributed by atoms with Crippen LogP contribution in [0.15, 0.2) is 78.6 Å². The lowest BCUT2D eigenvalue weighted by atomic mass is 10.1. The number of carbonyl (C=O) groups is 1. The van der Waals surface area contributed by atoms with Crippen molar-refractivity contribution >= 4 is 17.9 Å². The number of methoxy groups -OCH3 is 2.